The number of carbonyl (C=O) groups is 1. The Morgan fingerprint density at radius 3 is 3.00 bits per heavy atom. The molecule has 2 N–H and O–H groups in total. The van der Waals surface area contributed by atoms with Crippen molar-refractivity contribution in [2.75, 3.05) is 26.9 Å². The molecule has 1 aliphatic heterocycles. The normalized spacial score (nSPS) is 17.5. The van der Waals surface area contributed by atoms with Crippen LogP contribution in [0.1, 0.15) is 17.4 Å². The molecule has 0 aliphatic carbocycles. The highest BCUT2D eigenvalue weighted by molar-refractivity contribution is 5.74. The molecule has 24 heavy (non-hydrogen) atoms. The number of hydrogen-bond donors (Lipinski definition) is 2. The molecule has 1 aromatic heterocycles. The quantitative estimate of drug-likeness (QED) is 0.854. The highest BCUT2D eigenvalue weighted by Gasteiger charge is 2.21. The van der Waals surface area contributed by atoms with Crippen LogP contribution < -0.4 is 15.4 Å². The predicted octanol–water partition coefficient (Wildman–Crippen LogP) is 2.52. The Morgan fingerprint density at radius 2 is 2.21 bits per heavy atom. The zero-order valence-electron chi connectivity index (χ0n) is 13.7. The molecule has 3 rings (SSSR count). The van der Waals surface area contributed by atoms with Gasteiger partial charge in [-0.15, -0.1) is 0 Å². The molecule has 1 aliphatic rings. The van der Waals surface area contributed by atoms with Crippen LogP contribution in [0.3, 0.4) is 0 Å². The zero-order valence-corrected chi connectivity index (χ0v) is 13.7. The summed E-state index contributed by atoms with van der Waals surface area (Å²) in [6, 6.07) is 11.1. The van der Waals surface area contributed by atoms with E-state index in [1.165, 1.54) is 5.56 Å². The fraction of sp³-hybridized carbons (Fsp3) is 0.389. The van der Waals surface area contributed by atoms with E-state index in [4.69, 9.17) is 13.9 Å². The molecule has 0 bridgehead atoms. The van der Waals surface area contributed by atoms with Gasteiger partial charge in [-0.05, 0) is 30.2 Å². The van der Waals surface area contributed by atoms with Crippen molar-refractivity contribution in [1.82, 2.24) is 10.6 Å². The maximum Gasteiger partial charge on any atom is 0.315 e. The van der Waals surface area contributed by atoms with Crippen molar-refractivity contribution >= 4 is 6.03 Å². The lowest BCUT2D eigenvalue weighted by Crippen LogP contribution is -2.43. The topological polar surface area (TPSA) is 72.7 Å². The Labute approximate surface area is 141 Å². The molecule has 6 heteroatoms. The summed E-state index contributed by atoms with van der Waals surface area (Å²) >= 11 is 0. The van der Waals surface area contributed by atoms with Crippen LogP contribution in [0.2, 0.25) is 0 Å². The summed E-state index contributed by atoms with van der Waals surface area (Å²) in [6.45, 7) is 1.51. The first-order valence-electron chi connectivity index (χ1n) is 8.03. The van der Waals surface area contributed by atoms with Gasteiger partial charge in [-0.25, -0.2) is 4.79 Å². The van der Waals surface area contributed by atoms with Crippen molar-refractivity contribution in [2.45, 2.75) is 12.5 Å². The number of carbonyl (C=O) groups excluding carboxylic acids is 1. The average molecular weight is 330 g/mol. The number of benzene rings is 1. The lowest BCUT2D eigenvalue weighted by molar-refractivity contribution is 0.156. The van der Waals surface area contributed by atoms with Gasteiger partial charge in [0.2, 0.25) is 0 Å². The van der Waals surface area contributed by atoms with E-state index >= 15 is 0 Å². The second kappa shape index (κ2) is 7.88. The molecule has 2 amide bonds. The Hall–Kier alpha value is -2.47. The second-order valence-corrected chi connectivity index (χ2v) is 5.87. The number of amides is 2. The number of nitrogens with one attached hydrogen (secondary N) is 2. The average Bonchev–Trinajstić information content (AvgIpc) is 3.14. The first kappa shape index (κ1) is 16.4. The Bertz CT molecular complexity index is 657. The molecule has 0 unspecified atom stereocenters. The summed E-state index contributed by atoms with van der Waals surface area (Å²) < 4.78 is 16.2. The third-order valence-corrected chi connectivity index (χ3v) is 4.03. The van der Waals surface area contributed by atoms with E-state index in [1.807, 2.05) is 24.3 Å². The molecular weight excluding hydrogens is 308 g/mol. The van der Waals surface area contributed by atoms with E-state index in [2.05, 4.69) is 16.7 Å². The van der Waals surface area contributed by atoms with Crippen LogP contribution in [0, 0.1) is 5.92 Å². The number of para-hydroxylation sites is 1. The smallest absolute Gasteiger partial charge is 0.315 e. The summed E-state index contributed by atoms with van der Waals surface area (Å²) in [7, 11) is 1.59. The number of rotatable bonds is 6. The number of methoxy groups -OCH3 is 1. The SMILES string of the molecule is COC[C@@H](NC(=O)NC[C@@H]1COc2ccccc2C1)c1ccco1. The minimum Gasteiger partial charge on any atom is -0.493 e. The largest absolute Gasteiger partial charge is 0.493 e. The standard InChI is InChI=1S/C18H22N2O4/c1-22-12-15(17-7-4-8-23-17)20-18(21)19-10-13-9-14-5-2-3-6-16(14)24-11-13/h2-8,13,15H,9-12H2,1H3,(H2,19,20,21)/t13-,15-/m1/s1. The summed E-state index contributed by atoms with van der Waals surface area (Å²) in [6.07, 6.45) is 2.48. The second-order valence-electron chi connectivity index (χ2n) is 5.87. The van der Waals surface area contributed by atoms with E-state index in [0.717, 1.165) is 12.2 Å². The number of fused-ring (bicyclic) bond motifs is 1. The van der Waals surface area contributed by atoms with E-state index in [-0.39, 0.29) is 18.0 Å². The van der Waals surface area contributed by atoms with Gasteiger partial charge in [0.1, 0.15) is 17.6 Å². The van der Waals surface area contributed by atoms with Crippen LogP contribution in [-0.4, -0.2) is 32.9 Å². The van der Waals surface area contributed by atoms with Gasteiger partial charge in [-0.2, -0.15) is 0 Å². The molecule has 0 saturated heterocycles. The van der Waals surface area contributed by atoms with Crippen molar-refractivity contribution in [1.29, 1.82) is 0 Å². The number of urea groups is 1. The lowest BCUT2D eigenvalue weighted by atomic mass is 9.97. The maximum absolute atomic E-state index is 12.2. The van der Waals surface area contributed by atoms with E-state index in [0.29, 0.717) is 25.5 Å². The molecule has 1 aromatic carbocycles. The number of ether oxygens (including phenoxy) is 2. The van der Waals surface area contributed by atoms with Crippen molar-refractivity contribution < 1.29 is 18.7 Å². The molecule has 128 valence electrons. The molecule has 0 fully saturated rings. The number of hydrogen-bond acceptors (Lipinski definition) is 4. The summed E-state index contributed by atoms with van der Waals surface area (Å²) in [5.41, 5.74) is 1.18. The molecule has 2 aromatic rings. The fourth-order valence-electron chi connectivity index (χ4n) is 2.82. The highest BCUT2D eigenvalue weighted by Crippen LogP contribution is 2.26. The van der Waals surface area contributed by atoms with E-state index in [9.17, 15) is 4.79 Å². The number of furan rings is 1. The summed E-state index contributed by atoms with van der Waals surface area (Å²) in [5, 5.41) is 5.78. The molecule has 6 nitrogen and oxygen atoms in total. The van der Waals surface area contributed by atoms with Gasteiger partial charge in [0.05, 0.1) is 19.5 Å². The van der Waals surface area contributed by atoms with Crippen LogP contribution in [0.15, 0.2) is 47.1 Å². The van der Waals surface area contributed by atoms with Crippen molar-refractivity contribution in [3.8, 4) is 5.75 Å². The molecular formula is C18H22N2O4. The van der Waals surface area contributed by atoms with Gasteiger partial charge in [0.25, 0.3) is 0 Å². The summed E-state index contributed by atoms with van der Waals surface area (Å²) in [4.78, 5) is 12.2. The minimum absolute atomic E-state index is 0.243. The van der Waals surface area contributed by atoms with Crippen molar-refractivity contribution in [2.24, 2.45) is 5.92 Å². The Kier molecular flexibility index (Phi) is 5.38. The van der Waals surface area contributed by atoms with Crippen molar-refractivity contribution in [3.63, 3.8) is 0 Å². The zero-order chi connectivity index (χ0) is 16.8. The van der Waals surface area contributed by atoms with E-state index < -0.39 is 0 Å². The minimum atomic E-state index is -0.312. The summed E-state index contributed by atoms with van der Waals surface area (Å²) in [5.74, 6) is 1.87. The van der Waals surface area contributed by atoms with Gasteiger partial charge >= 0.3 is 6.03 Å². The van der Waals surface area contributed by atoms with Gasteiger partial charge < -0.3 is 24.5 Å². The van der Waals surface area contributed by atoms with Crippen molar-refractivity contribution in [3.05, 3.63) is 54.0 Å². The first-order valence-corrected chi connectivity index (χ1v) is 8.03. The van der Waals surface area contributed by atoms with Crippen LogP contribution in [0.25, 0.3) is 0 Å². The fourth-order valence-corrected chi connectivity index (χ4v) is 2.82. The lowest BCUT2D eigenvalue weighted by Gasteiger charge is -2.25. The molecule has 2 heterocycles. The van der Waals surface area contributed by atoms with Crippen LogP contribution >= 0.6 is 0 Å². The first-order chi connectivity index (χ1) is 11.8. The highest BCUT2D eigenvalue weighted by atomic mass is 16.5. The third-order valence-electron chi connectivity index (χ3n) is 4.03. The van der Waals surface area contributed by atoms with Crippen LogP contribution in [0.4, 0.5) is 4.79 Å². The van der Waals surface area contributed by atoms with Crippen LogP contribution in [0.5, 0.6) is 5.75 Å². The Morgan fingerprint density at radius 1 is 1.33 bits per heavy atom. The maximum atomic E-state index is 12.2. The van der Waals surface area contributed by atoms with E-state index in [1.54, 1.807) is 19.4 Å². The monoisotopic (exact) mass is 330 g/mol. The molecule has 0 radical (unpaired) electrons. The molecule has 2 atom stereocenters. The van der Waals surface area contributed by atoms with Gasteiger partial charge in [-0.1, -0.05) is 18.2 Å². The van der Waals surface area contributed by atoms with Gasteiger partial charge in [-0.3, -0.25) is 0 Å². The van der Waals surface area contributed by atoms with Crippen LogP contribution in [-0.2, 0) is 11.2 Å². The molecule has 0 spiro atoms. The van der Waals surface area contributed by atoms with Gasteiger partial charge in [0.15, 0.2) is 0 Å². The Balaban J connectivity index is 1.49. The third kappa shape index (κ3) is 4.08. The van der Waals surface area contributed by atoms with Gasteiger partial charge in [0, 0.05) is 19.6 Å². The molecule has 0 saturated carbocycles. The predicted molar refractivity (Wildman–Crippen MR) is 89.0 cm³/mol.